The van der Waals surface area contributed by atoms with E-state index in [1.165, 1.54) is 0 Å². The van der Waals surface area contributed by atoms with Gasteiger partial charge in [0.2, 0.25) is 6.79 Å². The van der Waals surface area contributed by atoms with Gasteiger partial charge in [-0.05, 0) is 22.6 Å². The van der Waals surface area contributed by atoms with E-state index in [9.17, 15) is 4.79 Å². The zero-order valence-electron chi connectivity index (χ0n) is 8.40. The predicted molar refractivity (Wildman–Crippen MR) is 52.2 cm³/mol. The standard InChI is InChI=1S/C9H6N4O4/c14-9(15)8-10-11-12-13(8)5-1-2-6-7(3-5)17-4-16-6/h1-3H,4H2,(H,14,15). The van der Waals surface area contributed by atoms with Gasteiger partial charge in [0, 0.05) is 6.07 Å². The van der Waals surface area contributed by atoms with E-state index < -0.39 is 5.97 Å². The number of tetrazole rings is 1. The van der Waals surface area contributed by atoms with Crippen LogP contribution in [0.15, 0.2) is 18.2 Å². The maximum absolute atomic E-state index is 10.9. The Balaban J connectivity index is 2.09. The molecule has 86 valence electrons. The van der Waals surface area contributed by atoms with E-state index >= 15 is 0 Å². The molecule has 1 N–H and O–H groups in total. The lowest BCUT2D eigenvalue weighted by Gasteiger charge is -2.02. The van der Waals surface area contributed by atoms with Gasteiger partial charge in [0.05, 0.1) is 5.69 Å². The quantitative estimate of drug-likeness (QED) is 0.785. The summed E-state index contributed by atoms with van der Waals surface area (Å²) < 4.78 is 11.5. The van der Waals surface area contributed by atoms with E-state index in [0.29, 0.717) is 17.2 Å². The topological polar surface area (TPSA) is 99.4 Å². The molecule has 0 amide bonds. The van der Waals surface area contributed by atoms with Crippen molar-refractivity contribution in [2.24, 2.45) is 0 Å². The maximum atomic E-state index is 10.9. The fraction of sp³-hybridized carbons (Fsp3) is 0.111. The van der Waals surface area contributed by atoms with Crippen LogP contribution in [0.25, 0.3) is 5.69 Å². The third-order valence-electron chi connectivity index (χ3n) is 2.26. The molecule has 3 rings (SSSR count). The van der Waals surface area contributed by atoms with Crippen molar-refractivity contribution in [2.75, 3.05) is 6.79 Å². The lowest BCUT2D eigenvalue weighted by molar-refractivity contribution is 0.0680. The molecular weight excluding hydrogens is 228 g/mol. The zero-order valence-corrected chi connectivity index (χ0v) is 8.40. The van der Waals surface area contributed by atoms with Crippen LogP contribution < -0.4 is 9.47 Å². The fourth-order valence-corrected chi connectivity index (χ4v) is 1.51. The Morgan fingerprint density at radius 3 is 3.00 bits per heavy atom. The number of ether oxygens (including phenoxy) is 2. The van der Waals surface area contributed by atoms with Crippen LogP contribution in [0.2, 0.25) is 0 Å². The Bertz CT molecular complexity index is 594. The van der Waals surface area contributed by atoms with Crippen molar-refractivity contribution < 1.29 is 19.4 Å². The van der Waals surface area contributed by atoms with Crippen molar-refractivity contribution >= 4 is 5.97 Å². The zero-order chi connectivity index (χ0) is 11.8. The van der Waals surface area contributed by atoms with Crippen LogP contribution in [0, 0.1) is 0 Å². The average molecular weight is 234 g/mol. The summed E-state index contributed by atoms with van der Waals surface area (Å²) in [5, 5.41) is 19.2. The first-order valence-electron chi connectivity index (χ1n) is 4.67. The molecule has 1 aliphatic heterocycles. The average Bonchev–Trinajstić information content (AvgIpc) is 2.96. The summed E-state index contributed by atoms with van der Waals surface area (Å²) in [7, 11) is 0. The first-order valence-corrected chi connectivity index (χ1v) is 4.67. The minimum absolute atomic E-state index is 0.153. The van der Waals surface area contributed by atoms with Crippen LogP contribution in [-0.2, 0) is 0 Å². The highest BCUT2D eigenvalue weighted by atomic mass is 16.7. The lowest BCUT2D eigenvalue weighted by Crippen LogP contribution is -2.09. The molecule has 0 radical (unpaired) electrons. The van der Waals surface area contributed by atoms with Gasteiger partial charge in [-0.1, -0.05) is 0 Å². The number of carboxylic acid groups (broad SMARTS) is 1. The molecule has 0 spiro atoms. The molecule has 0 unspecified atom stereocenters. The van der Waals surface area contributed by atoms with Gasteiger partial charge in [0.15, 0.2) is 11.5 Å². The second-order valence-electron chi connectivity index (χ2n) is 3.26. The van der Waals surface area contributed by atoms with Crippen molar-refractivity contribution in [1.29, 1.82) is 0 Å². The Kier molecular flexibility index (Phi) is 1.94. The molecule has 1 aromatic carbocycles. The van der Waals surface area contributed by atoms with Gasteiger partial charge in [0.25, 0.3) is 5.82 Å². The van der Waals surface area contributed by atoms with Gasteiger partial charge in [-0.25, -0.2) is 4.79 Å². The third-order valence-corrected chi connectivity index (χ3v) is 2.26. The summed E-state index contributed by atoms with van der Waals surface area (Å²) in [4.78, 5) is 10.9. The van der Waals surface area contributed by atoms with Crippen molar-refractivity contribution in [3.05, 3.63) is 24.0 Å². The van der Waals surface area contributed by atoms with Crippen LogP contribution in [0.5, 0.6) is 11.5 Å². The van der Waals surface area contributed by atoms with E-state index in [4.69, 9.17) is 14.6 Å². The van der Waals surface area contributed by atoms with Gasteiger partial charge < -0.3 is 14.6 Å². The maximum Gasteiger partial charge on any atom is 0.376 e. The van der Waals surface area contributed by atoms with Gasteiger partial charge in [-0.3, -0.25) is 0 Å². The Morgan fingerprint density at radius 2 is 2.18 bits per heavy atom. The van der Waals surface area contributed by atoms with Crippen LogP contribution >= 0.6 is 0 Å². The monoisotopic (exact) mass is 234 g/mol. The van der Waals surface area contributed by atoms with E-state index in [-0.39, 0.29) is 12.6 Å². The molecule has 1 aromatic heterocycles. The van der Waals surface area contributed by atoms with Gasteiger partial charge in [-0.2, -0.15) is 4.68 Å². The number of hydrogen-bond donors (Lipinski definition) is 1. The number of carbonyl (C=O) groups is 1. The van der Waals surface area contributed by atoms with Crippen LogP contribution in [0.1, 0.15) is 10.6 Å². The van der Waals surface area contributed by atoms with E-state index in [0.717, 1.165) is 4.68 Å². The van der Waals surface area contributed by atoms with Gasteiger partial charge in [0.1, 0.15) is 0 Å². The Morgan fingerprint density at radius 1 is 1.35 bits per heavy atom. The van der Waals surface area contributed by atoms with Crippen LogP contribution in [0.3, 0.4) is 0 Å². The summed E-state index contributed by atoms with van der Waals surface area (Å²) in [5.41, 5.74) is 0.497. The highest BCUT2D eigenvalue weighted by Crippen LogP contribution is 2.33. The number of aromatic nitrogens is 4. The molecule has 0 aliphatic carbocycles. The van der Waals surface area contributed by atoms with Crippen molar-refractivity contribution in [1.82, 2.24) is 20.2 Å². The number of hydrogen-bond acceptors (Lipinski definition) is 6. The van der Waals surface area contributed by atoms with Crippen molar-refractivity contribution in [3.63, 3.8) is 0 Å². The Labute approximate surface area is 94.4 Å². The molecule has 0 saturated carbocycles. The van der Waals surface area contributed by atoms with Crippen molar-refractivity contribution in [2.45, 2.75) is 0 Å². The van der Waals surface area contributed by atoms with Crippen LogP contribution in [0.4, 0.5) is 0 Å². The first-order chi connectivity index (χ1) is 8.25. The Hall–Kier alpha value is -2.64. The number of benzene rings is 1. The summed E-state index contributed by atoms with van der Waals surface area (Å²) in [5.74, 6) is -0.315. The number of carboxylic acids is 1. The highest BCUT2D eigenvalue weighted by molar-refractivity contribution is 5.83. The minimum Gasteiger partial charge on any atom is -0.475 e. The summed E-state index contributed by atoms with van der Waals surface area (Å²) in [6.45, 7) is 0.153. The highest BCUT2D eigenvalue weighted by Gasteiger charge is 2.19. The minimum atomic E-state index is -1.20. The molecule has 8 nitrogen and oxygen atoms in total. The number of rotatable bonds is 2. The number of aromatic carboxylic acids is 1. The van der Waals surface area contributed by atoms with E-state index in [1.54, 1.807) is 18.2 Å². The summed E-state index contributed by atoms with van der Waals surface area (Å²) >= 11 is 0. The van der Waals surface area contributed by atoms with E-state index in [1.807, 2.05) is 0 Å². The second-order valence-corrected chi connectivity index (χ2v) is 3.26. The van der Waals surface area contributed by atoms with Crippen LogP contribution in [-0.4, -0.2) is 38.1 Å². The SMILES string of the molecule is O=C(O)c1nnnn1-c1ccc2c(c1)OCO2. The first kappa shape index (κ1) is 9.58. The normalized spacial score (nSPS) is 12.7. The molecule has 2 aromatic rings. The molecule has 0 fully saturated rings. The molecule has 8 heteroatoms. The number of fused-ring (bicyclic) bond motifs is 1. The van der Waals surface area contributed by atoms with Gasteiger partial charge >= 0.3 is 5.97 Å². The molecular formula is C9H6N4O4. The molecule has 0 saturated heterocycles. The predicted octanol–water partition coefficient (Wildman–Crippen LogP) is 0.0892. The molecule has 17 heavy (non-hydrogen) atoms. The molecule has 0 atom stereocenters. The smallest absolute Gasteiger partial charge is 0.376 e. The van der Waals surface area contributed by atoms with Crippen molar-refractivity contribution in [3.8, 4) is 17.2 Å². The molecule has 0 bridgehead atoms. The largest absolute Gasteiger partial charge is 0.475 e. The summed E-state index contributed by atoms with van der Waals surface area (Å²) in [6.07, 6.45) is 0. The van der Waals surface area contributed by atoms with E-state index in [2.05, 4.69) is 15.5 Å². The molecule has 1 aliphatic rings. The molecule has 2 heterocycles. The third kappa shape index (κ3) is 1.46. The second kappa shape index (κ2) is 3.44. The number of nitrogens with zero attached hydrogens (tertiary/aromatic N) is 4. The van der Waals surface area contributed by atoms with Gasteiger partial charge in [-0.15, -0.1) is 5.10 Å². The summed E-state index contributed by atoms with van der Waals surface area (Å²) in [6, 6.07) is 4.94. The fourth-order valence-electron chi connectivity index (χ4n) is 1.51. The lowest BCUT2D eigenvalue weighted by atomic mass is 10.3.